The number of hydrogen-bond acceptors (Lipinski definition) is 4. The molecule has 0 saturated heterocycles. The van der Waals surface area contributed by atoms with Crippen molar-refractivity contribution in [2.45, 2.75) is 24.4 Å². The summed E-state index contributed by atoms with van der Waals surface area (Å²) in [5.41, 5.74) is 3.41. The SMILES string of the molecule is COc1cc2c(cc1OC)CN(C(=O)NCc1ccc(SC)cc1)CC2. The van der Waals surface area contributed by atoms with E-state index in [2.05, 4.69) is 35.8 Å². The quantitative estimate of drug-likeness (QED) is 0.813. The summed E-state index contributed by atoms with van der Waals surface area (Å²) in [6, 6.07) is 12.2. The lowest BCUT2D eigenvalue weighted by atomic mass is 9.99. The molecule has 6 heteroatoms. The number of methoxy groups -OCH3 is 2. The lowest BCUT2D eigenvalue weighted by Gasteiger charge is -2.29. The number of ether oxygens (including phenoxy) is 2. The molecule has 2 aromatic carbocycles. The van der Waals surface area contributed by atoms with Gasteiger partial charge in [0, 0.05) is 24.5 Å². The Morgan fingerprint density at radius 3 is 2.38 bits per heavy atom. The van der Waals surface area contributed by atoms with Crippen molar-refractivity contribution in [2.24, 2.45) is 0 Å². The minimum absolute atomic E-state index is 0.0422. The van der Waals surface area contributed by atoms with Crippen LogP contribution in [0.5, 0.6) is 11.5 Å². The molecular formula is C20H24N2O3S. The van der Waals surface area contributed by atoms with Crippen LogP contribution in [0.15, 0.2) is 41.3 Å². The van der Waals surface area contributed by atoms with Crippen molar-refractivity contribution in [1.82, 2.24) is 10.2 Å². The molecule has 1 N–H and O–H groups in total. The summed E-state index contributed by atoms with van der Waals surface area (Å²) in [4.78, 5) is 15.6. The number of thioether (sulfide) groups is 1. The highest BCUT2D eigenvalue weighted by Crippen LogP contribution is 2.33. The Morgan fingerprint density at radius 2 is 1.77 bits per heavy atom. The van der Waals surface area contributed by atoms with Gasteiger partial charge >= 0.3 is 6.03 Å². The zero-order chi connectivity index (χ0) is 18.5. The van der Waals surface area contributed by atoms with E-state index < -0.39 is 0 Å². The molecule has 3 rings (SSSR count). The van der Waals surface area contributed by atoms with Crippen LogP contribution in [-0.2, 0) is 19.5 Å². The third-order valence-electron chi connectivity index (χ3n) is 4.61. The van der Waals surface area contributed by atoms with Crippen molar-refractivity contribution >= 4 is 17.8 Å². The Hall–Kier alpha value is -2.34. The zero-order valence-corrected chi connectivity index (χ0v) is 16.2. The number of nitrogens with zero attached hydrogens (tertiary/aromatic N) is 1. The summed E-state index contributed by atoms with van der Waals surface area (Å²) in [5.74, 6) is 1.43. The summed E-state index contributed by atoms with van der Waals surface area (Å²) in [7, 11) is 3.26. The van der Waals surface area contributed by atoms with Crippen LogP contribution in [-0.4, -0.2) is 38.0 Å². The number of carbonyl (C=O) groups excluding carboxylic acids is 1. The van der Waals surface area contributed by atoms with Gasteiger partial charge in [0.1, 0.15) is 0 Å². The number of benzene rings is 2. The lowest BCUT2D eigenvalue weighted by Crippen LogP contribution is -2.42. The maximum absolute atomic E-state index is 12.5. The van der Waals surface area contributed by atoms with Gasteiger partial charge in [-0.2, -0.15) is 0 Å². The summed E-state index contributed by atoms with van der Waals surface area (Å²) >= 11 is 1.71. The first-order valence-corrected chi connectivity index (χ1v) is 9.76. The molecule has 2 aromatic rings. The van der Waals surface area contributed by atoms with Crippen molar-refractivity contribution in [1.29, 1.82) is 0 Å². The van der Waals surface area contributed by atoms with E-state index in [0.717, 1.165) is 23.3 Å². The minimum Gasteiger partial charge on any atom is -0.493 e. The molecule has 0 saturated carbocycles. The molecule has 26 heavy (non-hydrogen) atoms. The van der Waals surface area contributed by atoms with Crippen molar-refractivity contribution < 1.29 is 14.3 Å². The van der Waals surface area contributed by atoms with E-state index in [-0.39, 0.29) is 6.03 Å². The second-order valence-corrected chi connectivity index (χ2v) is 7.03. The Labute approximate surface area is 158 Å². The molecule has 2 amide bonds. The van der Waals surface area contributed by atoms with Gasteiger partial charge in [-0.05, 0) is 53.6 Å². The van der Waals surface area contributed by atoms with Crippen LogP contribution in [0.25, 0.3) is 0 Å². The molecule has 0 atom stereocenters. The molecule has 1 aliphatic rings. The molecule has 0 aromatic heterocycles. The van der Waals surface area contributed by atoms with Crippen LogP contribution in [0, 0.1) is 0 Å². The molecule has 1 heterocycles. The second-order valence-electron chi connectivity index (χ2n) is 6.15. The lowest BCUT2D eigenvalue weighted by molar-refractivity contribution is 0.191. The average molecular weight is 372 g/mol. The average Bonchev–Trinajstić information content (AvgIpc) is 2.70. The van der Waals surface area contributed by atoms with Crippen LogP contribution in [0.2, 0.25) is 0 Å². The fourth-order valence-corrected chi connectivity index (χ4v) is 3.50. The van der Waals surface area contributed by atoms with Crippen molar-refractivity contribution in [3.8, 4) is 11.5 Å². The number of nitrogens with one attached hydrogen (secondary N) is 1. The van der Waals surface area contributed by atoms with Gasteiger partial charge in [-0.3, -0.25) is 0 Å². The van der Waals surface area contributed by atoms with Gasteiger partial charge < -0.3 is 19.7 Å². The summed E-state index contributed by atoms with van der Waals surface area (Å²) in [6.45, 7) is 1.80. The van der Waals surface area contributed by atoms with E-state index in [0.29, 0.717) is 25.4 Å². The van der Waals surface area contributed by atoms with E-state index in [1.807, 2.05) is 17.0 Å². The molecule has 0 aliphatic carbocycles. The molecule has 0 spiro atoms. The van der Waals surface area contributed by atoms with Crippen LogP contribution >= 0.6 is 11.8 Å². The number of carbonyl (C=O) groups is 1. The maximum atomic E-state index is 12.5. The summed E-state index contributed by atoms with van der Waals surface area (Å²) in [6.07, 6.45) is 2.86. The van der Waals surface area contributed by atoms with Crippen LogP contribution < -0.4 is 14.8 Å². The van der Waals surface area contributed by atoms with Crippen molar-refractivity contribution in [2.75, 3.05) is 27.0 Å². The molecular weight excluding hydrogens is 348 g/mol. The number of hydrogen-bond donors (Lipinski definition) is 1. The van der Waals surface area contributed by atoms with Crippen LogP contribution in [0.4, 0.5) is 4.79 Å². The Bertz CT molecular complexity index is 777. The Kier molecular flexibility index (Phi) is 5.93. The summed E-state index contributed by atoms with van der Waals surface area (Å²) in [5, 5.41) is 3.01. The van der Waals surface area contributed by atoms with Gasteiger partial charge in [-0.15, -0.1) is 11.8 Å². The third-order valence-corrected chi connectivity index (χ3v) is 5.35. The molecule has 0 radical (unpaired) electrons. The first kappa shape index (κ1) is 18.5. The molecule has 138 valence electrons. The van der Waals surface area contributed by atoms with E-state index >= 15 is 0 Å². The topological polar surface area (TPSA) is 50.8 Å². The summed E-state index contributed by atoms with van der Waals surface area (Å²) < 4.78 is 10.7. The van der Waals surface area contributed by atoms with E-state index in [1.54, 1.807) is 26.0 Å². The first-order chi connectivity index (χ1) is 12.6. The van der Waals surface area contributed by atoms with Crippen molar-refractivity contribution in [3.05, 3.63) is 53.1 Å². The van der Waals surface area contributed by atoms with Crippen molar-refractivity contribution in [3.63, 3.8) is 0 Å². The van der Waals surface area contributed by atoms with Gasteiger partial charge in [0.15, 0.2) is 11.5 Å². The first-order valence-electron chi connectivity index (χ1n) is 8.54. The fraction of sp³-hybridized carbons (Fsp3) is 0.350. The largest absolute Gasteiger partial charge is 0.493 e. The van der Waals surface area contributed by atoms with Gasteiger partial charge in [0.2, 0.25) is 0 Å². The maximum Gasteiger partial charge on any atom is 0.317 e. The predicted octanol–water partition coefficient (Wildman–Crippen LogP) is 3.69. The van der Waals surface area contributed by atoms with E-state index in [4.69, 9.17) is 9.47 Å². The van der Waals surface area contributed by atoms with Gasteiger partial charge in [0.05, 0.1) is 14.2 Å². The zero-order valence-electron chi connectivity index (χ0n) is 15.4. The molecule has 1 aliphatic heterocycles. The highest BCUT2D eigenvalue weighted by Gasteiger charge is 2.22. The Balaban J connectivity index is 1.63. The molecule has 0 fully saturated rings. The third kappa shape index (κ3) is 4.07. The number of fused-ring (bicyclic) bond motifs is 1. The smallest absolute Gasteiger partial charge is 0.317 e. The second kappa shape index (κ2) is 8.36. The van der Waals surface area contributed by atoms with E-state index in [1.165, 1.54) is 10.5 Å². The fourth-order valence-electron chi connectivity index (χ4n) is 3.09. The minimum atomic E-state index is -0.0422. The number of amides is 2. The predicted molar refractivity (Wildman–Crippen MR) is 104 cm³/mol. The van der Waals surface area contributed by atoms with Gasteiger partial charge in [0.25, 0.3) is 0 Å². The standard InChI is InChI=1S/C20H24N2O3S/c1-24-18-10-15-8-9-22(13-16(15)11-19(18)25-2)20(23)21-12-14-4-6-17(26-3)7-5-14/h4-7,10-11H,8-9,12-13H2,1-3H3,(H,21,23). The van der Waals surface area contributed by atoms with E-state index in [9.17, 15) is 4.79 Å². The highest BCUT2D eigenvalue weighted by molar-refractivity contribution is 7.98. The van der Waals surface area contributed by atoms with Crippen LogP contribution in [0.1, 0.15) is 16.7 Å². The molecule has 0 unspecified atom stereocenters. The number of rotatable bonds is 5. The molecule has 0 bridgehead atoms. The van der Waals surface area contributed by atoms with Gasteiger partial charge in [-0.25, -0.2) is 4.79 Å². The monoisotopic (exact) mass is 372 g/mol. The molecule has 5 nitrogen and oxygen atoms in total. The highest BCUT2D eigenvalue weighted by atomic mass is 32.2. The number of urea groups is 1. The van der Waals surface area contributed by atoms with Crippen LogP contribution in [0.3, 0.4) is 0 Å². The Morgan fingerprint density at radius 1 is 1.12 bits per heavy atom. The normalized spacial score (nSPS) is 13.1. The van der Waals surface area contributed by atoms with Gasteiger partial charge in [-0.1, -0.05) is 12.1 Å².